The fraction of sp³-hybridized carbons (Fsp3) is 0.238. The number of rotatable bonds is 6. The molecule has 0 spiro atoms. The van der Waals surface area contributed by atoms with Gasteiger partial charge in [0.25, 0.3) is 5.91 Å². The molecule has 0 fully saturated rings. The van der Waals surface area contributed by atoms with E-state index in [1.807, 2.05) is 42.0 Å². The highest BCUT2D eigenvalue weighted by Crippen LogP contribution is 2.22. The number of nitrogens with zero attached hydrogens (tertiary/aromatic N) is 2. The Balaban J connectivity index is 1.64. The van der Waals surface area contributed by atoms with Gasteiger partial charge >= 0.3 is 0 Å². The van der Waals surface area contributed by atoms with Crippen LogP contribution >= 0.6 is 11.6 Å². The Morgan fingerprint density at radius 2 is 1.81 bits per heavy atom. The van der Waals surface area contributed by atoms with E-state index in [4.69, 9.17) is 16.3 Å². The third-order valence-electron chi connectivity index (χ3n) is 4.28. The first-order valence-corrected chi connectivity index (χ1v) is 9.07. The molecule has 27 heavy (non-hydrogen) atoms. The van der Waals surface area contributed by atoms with Crippen molar-refractivity contribution in [3.05, 3.63) is 77.8 Å². The fourth-order valence-electron chi connectivity index (χ4n) is 2.64. The second-order valence-corrected chi connectivity index (χ2v) is 7.26. The van der Waals surface area contributed by atoms with E-state index in [0.29, 0.717) is 10.8 Å². The number of carbonyl (C=O) groups is 1. The predicted molar refractivity (Wildman–Crippen MR) is 106 cm³/mol. The normalized spacial score (nSPS) is 12.4. The van der Waals surface area contributed by atoms with Crippen LogP contribution in [0.1, 0.15) is 32.4 Å². The topological polar surface area (TPSA) is 56.1 Å². The highest BCUT2D eigenvalue weighted by Gasteiger charge is 2.31. The summed E-state index contributed by atoms with van der Waals surface area (Å²) in [5.41, 5.74) is 1.01. The van der Waals surface area contributed by atoms with E-state index in [-0.39, 0.29) is 11.9 Å². The van der Waals surface area contributed by atoms with E-state index >= 15 is 0 Å². The summed E-state index contributed by atoms with van der Waals surface area (Å²) >= 11 is 5.89. The van der Waals surface area contributed by atoms with Gasteiger partial charge in [0, 0.05) is 23.1 Å². The molecule has 3 rings (SSSR count). The molecular weight excluding hydrogens is 362 g/mol. The summed E-state index contributed by atoms with van der Waals surface area (Å²) < 4.78 is 7.77. The van der Waals surface area contributed by atoms with Crippen molar-refractivity contribution >= 4 is 17.5 Å². The fourth-order valence-corrected chi connectivity index (χ4v) is 2.77. The molecule has 1 N–H and O–H groups in total. The summed E-state index contributed by atoms with van der Waals surface area (Å²) in [6.45, 7) is 5.43. The van der Waals surface area contributed by atoms with Crippen molar-refractivity contribution in [1.29, 1.82) is 0 Å². The molecule has 0 saturated carbocycles. The van der Waals surface area contributed by atoms with E-state index < -0.39 is 5.60 Å². The largest absolute Gasteiger partial charge is 0.478 e. The van der Waals surface area contributed by atoms with Gasteiger partial charge in [0.1, 0.15) is 5.75 Å². The number of halogens is 1. The summed E-state index contributed by atoms with van der Waals surface area (Å²) in [6, 6.07) is 14.8. The Bertz CT molecular complexity index is 888. The molecule has 0 radical (unpaired) electrons. The summed E-state index contributed by atoms with van der Waals surface area (Å²) in [4.78, 5) is 16.7. The minimum Gasteiger partial charge on any atom is -0.478 e. The standard InChI is InChI=1S/C21H22ClN3O2/c1-15(16-4-8-18(9-5-16)25-13-12-23-14-25)24-20(26)21(2,3)27-19-10-6-17(22)7-11-19/h4-15H,1-3H3,(H,24,26). The van der Waals surface area contributed by atoms with Gasteiger partial charge in [-0.15, -0.1) is 0 Å². The van der Waals surface area contributed by atoms with Gasteiger partial charge in [0.05, 0.1) is 12.4 Å². The van der Waals surface area contributed by atoms with Gasteiger partial charge in [-0.25, -0.2) is 4.98 Å². The van der Waals surface area contributed by atoms with Gasteiger partial charge in [-0.1, -0.05) is 23.7 Å². The number of hydrogen-bond donors (Lipinski definition) is 1. The molecule has 3 aromatic rings. The number of imidazole rings is 1. The molecular formula is C21H22ClN3O2. The summed E-state index contributed by atoms with van der Waals surface area (Å²) in [6.07, 6.45) is 5.37. The lowest BCUT2D eigenvalue weighted by Crippen LogP contribution is -2.47. The number of benzene rings is 2. The lowest BCUT2D eigenvalue weighted by molar-refractivity contribution is -0.134. The maximum absolute atomic E-state index is 12.7. The molecule has 0 aliphatic heterocycles. The highest BCUT2D eigenvalue weighted by molar-refractivity contribution is 6.30. The zero-order valence-corrected chi connectivity index (χ0v) is 16.3. The maximum Gasteiger partial charge on any atom is 0.264 e. The predicted octanol–water partition coefficient (Wildman–Crippen LogP) is 4.56. The Labute approximate surface area is 164 Å². The molecule has 0 aliphatic carbocycles. The van der Waals surface area contributed by atoms with Crippen molar-refractivity contribution < 1.29 is 9.53 Å². The number of hydrogen-bond acceptors (Lipinski definition) is 3. The lowest BCUT2D eigenvalue weighted by Gasteiger charge is -2.27. The van der Waals surface area contributed by atoms with Crippen LogP contribution in [-0.2, 0) is 4.79 Å². The molecule has 1 amide bonds. The van der Waals surface area contributed by atoms with Crippen molar-refractivity contribution in [2.45, 2.75) is 32.4 Å². The molecule has 1 unspecified atom stereocenters. The van der Waals surface area contributed by atoms with Gasteiger partial charge in [0.2, 0.25) is 0 Å². The van der Waals surface area contributed by atoms with Gasteiger partial charge in [-0.2, -0.15) is 0 Å². The smallest absolute Gasteiger partial charge is 0.264 e. The van der Waals surface area contributed by atoms with Crippen molar-refractivity contribution in [3.8, 4) is 11.4 Å². The first kappa shape index (κ1) is 19.0. The van der Waals surface area contributed by atoms with Gasteiger partial charge < -0.3 is 14.6 Å². The van der Waals surface area contributed by atoms with E-state index in [2.05, 4.69) is 10.3 Å². The van der Waals surface area contributed by atoms with Crippen LogP contribution in [0, 0.1) is 0 Å². The maximum atomic E-state index is 12.7. The first-order chi connectivity index (χ1) is 12.8. The quantitative estimate of drug-likeness (QED) is 0.678. The summed E-state index contributed by atoms with van der Waals surface area (Å²) in [5, 5.41) is 3.64. The van der Waals surface area contributed by atoms with Gasteiger partial charge in [0.15, 0.2) is 5.60 Å². The van der Waals surface area contributed by atoms with Crippen molar-refractivity contribution in [1.82, 2.24) is 14.9 Å². The molecule has 0 saturated heterocycles. The second kappa shape index (κ2) is 7.84. The molecule has 140 valence electrons. The number of nitrogens with one attached hydrogen (secondary N) is 1. The van der Waals surface area contributed by atoms with Crippen LogP contribution in [0.2, 0.25) is 5.02 Å². The monoisotopic (exact) mass is 383 g/mol. The van der Waals surface area contributed by atoms with Crippen molar-refractivity contribution in [2.24, 2.45) is 0 Å². The number of carbonyl (C=O) groups excluding carboxylic acids is 1. The molecule has 0 bridgehead atoms. The molecule has 5 nitrogen and oxygen atoms in total. The zero-order valence-electron chi connectivity index (χ0n) is 15.5. The van der Waals surface area contributed by atoms with Gasteiger partial charge in [-0.05, 0) is 62.7 Å². The molecule has 0 aliphatic rings. The van der Waals surface area contributed by atoms with Crippen LogP contribution < -0.4 is 10.1 Å². The minimum atomic E-state index is -1.02. The molecule has 1 aromatic heterocycles. The Kier molecular flexibility index (Phi) is 5.51. The SMILES string of the molecule is CC(NC(=O)C(C)(C)Oc1ccc(Cl)cc1)c1ccc(-n2ccnc2)cc1. The van der Waals surface area contributed by atoms with Crippen LogP contribution in [0.4, 0.5) is 0 Å². The Hall–Kier alpha value is -2.79. The summed E-state index contributed by atoms with van der Waals surface area (Å²) in [7, 11) is 0. The third-order valence-corrected chi connectivity index (χ3v) is 4.53. The Morgan fingerprint density at radius 3 is 2.41 bits per heavy atom. The van der Waals surface area contributed by atoms with Crippen molar-refractivity contribution in [2.75, 3.05) is 0 Å². The van der Waals surface area contributed by atoms with Crippen LogP contribution in [0.25, 0.3) is 5.69 Å². The van der Waals surface area contributed by atoms with Crippen LogP contribution in [0.3, 0.4) is 0 Å². The van der Waals surface area contributed by atoms with E-state index in [9.17, 15) is 4.79 Å². The van der Waals surface area contributed by atoms with Crippen LogP contribution in [-0.4, -0.2) is 21.1 Å². The summed E-state index contributed by atoms with van der Waals surface area (Å²) in [5.74, 6) is 0.403. The number of amides is 1. The molecule has 2 aromatic carbocycles. The minimum absolute atomic E-state index is 0.151. The van der Waals surface area contributed by atoms with Crippen LogP contribution in [0.5, 0.6) is 5.75 Å². The Morgan fingerprint density at radius 1 is 1.15 bits per heavy atom. The van der Waals surface area contributed by atoms with Crippen molar-refractivity contribution in [3.63, 3.8) is 0 Å². The zero-order chi connectivity index (χ0) is 19.4. The lowest BCUT2D eigenvalue weighted by atomic mass is 10.0. The van der Waals surface area contributed by atoms with Gasteiger partial charge in [-0.3, -0.25) is 4.79 Å². The molecule has 6 heteroatoms. The molecule has 1 heterocycles. The molecule has 1 atom stereocenters. The average molecular weight is 384 g/mol. The number of ether oxygens (including phenoxy) is 1. The van der Waals surface area contributed by atoms with E-state index in [1.165, 1.54) is 0 Å². The second-order valence-electron chi connectivity index (χ2n) is 6.82. The highest BCUT2D eigenvalue weighted by atomic mass is 35.5. The van der Waals surface area contributed by atoms with E-state index in [1.54, 1.807) is 50.6 Å². The first-order valence-electron chi connectivity index (χ1n) is 8.69. The third kappa shape index (κ3) is 4.68. The number of aromatic nitrogens is 2. The van der Waals surface area contributed by atoms with E-state index in [0.717, 1.165) is 11.3 Å². The van der Waals surface area contributed by atoms with Crippen LogP contribution in [0.15, 0.2) is 67.3 Å². The average Bonchev–Trinajstić information content (AvgIpc) is 3.18.